The third-order valence-electron chi connectivity index (χ3n) is 6.04. The van der Waals surface area contributed by atoms with Crippen molar-refractivity contribution in [2.75, 3.05) is 18.6 Å². The lowest BCUT2D eigenvalue weighted by atomic mass is 10.0. The number of anilines is 1. The zero-order chi connectivity index (χ0) is 26.4. The van der Waals surface area contributed by atoms with Crippen LogP contribution in [0.15, 0.2) is 83.9 Å². The molecule has 0 spiro atoms. The topological polar surface area (TPSA) is 100 Å². The van der Waals surface area contributed by atoms with Crippen molar-refractivity contribution in [2.45, 2.75) is 32.5 Å². The summed E-state index contributed by atoms with van der Waals surface area (Å²) in [7, 11) is 1.66. The van der Waals surface area contributed by atoms with Crippen molar-refractivity contribution in [1.29, 1.82) is 0 Å². The van der Waals surface area contributed by atoms with E-state index in [0.29, 0.717) is 18.0 Å². The van der Waals surface area contributed by atoms with Crippen LogP contribution in [0.25, 0.3) is 0 Å². The second kappa shape index (κ2) is 11.5. The molecule has 37 heavy (non-hydrogen) atoms. The number of likely N-dealkylation sites (N-methyl/N-ethyl adjacent to an activating group) is 1. The highest BCUT2D eigenvalue weighted by Gasteiger charge is 2.32. The van der Waals surface area contributed by atoms with E-state index in [9.17, 15) is 14.4 Å². The molecular formula is C29H30N4O4. The number of amides is 3. The van der Waals surface area contributed by atoms with E-state index >= 15 is 0 Å². The Labute approximate surface area is 216 Å². The van der Waals surface area contributed by atoms with Gasteiger partial charge in [-0.25, -0.2) is 4.99 Å². The molecule has 1 aliphatic rings. The number of fused-ring (bicyclic) bond motifs is 1. The molecule has 3 aromatic carbocycles. The molecule has 1 heterocycles. The molecule has 0 saturated carbocycles. The van der Waals surface area contributed by atoms with E-state index in [1.54, 1.807) is 26.1 Å². The number of carbonyl (C=O) groups is 3. The Bertz CT molecular complexity index is 1300. The van der Waals surface area contributed by atoms with Crippen LogP contribution in [-0.4, -0.2) is 49.3 Å². The summed E-state index contributed by atoms with van der Waals surface area (Å²) in [5, 5.41) is 5.42. The van der Waals surface area contributed by atoms with Gasteiger partial charge in [0.25, 0.3) is 5.91 Å². The molecule has 8 heteroatoms. The van der Waals surface area contributed by atoms with Crippen LogP contribution in [0.3, 0.4) is 0 Å². The number of para-hydroxylation sites is 1. The molecule has 0 saturated heterocycles. The highest BCUT2D eigenvalue weighted by molar-refractivity contribution is 6.20. The minimum Gasteiger partial charge on any atom is -0.494 e. The van der Waals surface area contributed by atoms with Crippen molar-refractivity contribution in [3.05, 3.63) is 95.6 Å². The number of hydrogen-bond donors (Lipinski definition) is 2. The molecule has 1 unspecified atom stereocenters. The maximum Gasteiger partial charge on any atom is 0.272 e. The fraction of sp³-hybridized carbons (Fsp3) is 0.241. The van der Waals surface area contributed by atoms with E-state index in [-0.39, 0.29) is 18.2 Å². The predicted octanol–water partition coefficient (Wildman–Crippen LogP) is 3.09. The fourth-order valence-corrected chi connectivity index (χ4v) is 4.12. The van der Waals surface area contributed by atoms with E-state index in [4.69, 9.17) is 4.74 Å². The monoisotopic (exact) mass is 498 g/mol. The lowest BCUT2D eigenvalue weighted by Crippen LogP contribution is -2.52. The van der Waals surface area contributed by atoms with Gasteiger partial charge in [0.2, 0.25) is 18.0 Å². The summed E-state index contributed by atoms with van der Waals surface area (Å²) in [4.78, 5) is 45.0. The molecule has 0 radical (unpaired) electrons. The summed E-state index contributed by atoms with van der Waals surface area (Å²) in [6.07, 6.45) is -1.04. The van der Waals surface area contributed by atoms with E-state index in [1.807, 2.05) is 73.7 Å². The van der Waals surface area contributed by atoms with Crippen LogP contribution in [0.2, 0.25) is 0 Å². The first-order valence-electron chi connectivity index (χ1n) is 12.2. The third kappa shape index (κ3) is 6.03. The maximum absolute atomic E-state index is 13.3. The molecule has 0 aliphatic carbocycles. The number of nitrogens with zero attached hydrogens (tertiary/aromatic N) is 2. The molecule has 0 aromatic heterocycles. The fourth-order valence-electron chi connectivity index (χ4n) is 4.12. The van der Waals surface area contributed by atoms with Gasteiger partial charge in [0, 0.05) is 18.2 Å². The largest absolute Gasteiger partial charge is 0.494 e. The van der Waals surface area contributed by atoms with Crippen LogP contribution in [0.1, 0.15) is 30.5 Å². The van der Waals surface area contributed by atoms with Crippen molar-refractivity contribution in [3.63, 3.8) is 0 Å². The second-order valence-electron chi connectivity index (χ2n) is 8.71. The minimum atomic E-state index is -1.15. The van der Waals surface area contributed by atoms with Crippen LogP contribution >= 0.6 is 0 Å². The van der Waals surface area contributed by atoms with Crippen molar-refractivity contribution in [3.8, 4) is 5.75 Å². The number of rotatable bonds is 8. The van der Waals surface area contributed by atoms with Gasteiger partial charge in [-0.1, -0.05) is 60.7 Å². The summed E-state index contributed by atoms with van der Waals surface area (Å²) in [5.41, 5.74) is 3.71. The zero-order valence-corrected chi connectivity index (χ0v) is 21.1. The lowest BCUT2D eigenvalue weighted by Gasteiger charge is -2.22. The van der Waals surface area contributed by atoms with Crippen molar-refractivity contribution in [2.24, 2.45) is 4.99 Å². The van der Waals surface area contributed by atoms with Gasteiger partial charge in [-0.3, -0.25) is 14.4 Å². The SMILES string of the molecule is CCOc1ccc(CC(=O)N[C@@H](C)C(=O)NC2N=C(c3ccccc3)c3ccccc3N(C)C2=O)cc1. The molecule has 190 valence electrons. The molecular weight excluding hydrogens is 468 g/mol. The summed E-state index contributed by atoms with van der Waals surface area (Å²) in [6.45, 7) is 4.04. The smallest absolute Gasteiger partial charge is 0.272 e. The summed E-state index contributed by atoms with van der Waals surface area (Å²) < 4.78 is 5.42. The maximum atomic E-state index is 13.3. The molecule has 8 nitrogen and oxygen atoms in total. The first-order valence-corrected chi connectivity index (χ1v) is 12.2. The lowest BCUT2D eigenvalue weighted by molar-refractivity contribution is -0.130. The van der Waals surface area contributed by atoms with Gasteiger partial charge in [-0.2, -0.15) is 0 Å². The first-order chi connectivity index (χ1) is 17.9. The number of benzodiazepines with no additional fused rings is 1. The van der Waals surface area contributed by atoms with E-state index < -0.39 is 18.1 Å². The zero-order valence-electron chi connectivity index (χ0n) is 21.1. The predicted molar refractivity (Wildman–Crippen MR) is 143 cm³/mol. The Hall–Kier alpha value is -4.46. The van der Waals surface area contributed by atoms with Gasteiger partial charge < -0.3 is 20.3 Å². The van der Waals surface area contributed by atoms with Crippen LogP contribution < -0.4 is 20.3 Å². The standard InChI is InChI=1S/C29H30N4O4/c1-4-37-22-16-14-20(15-17-22)18-25(34)30-19(2)28(35)32-27-29(36)33(3)24-13-9-8-12-23(24)26(31-27)21-10-6-5-7-11-21/h5-17,19,27H,4,18H2,1-3H3,(H,30,34)(H,32,35)/t19-,27?/m0/s1. The third-order valence-corrected chi connectivity index (χ3v) is 6.04. The number of hydrogen-bond acceptors (Lipinski definition) is 5. The van der Waals surface area contributed by atoms with Crippen molar-refractivity contribution >= 4 is 29.1 Å². The van der Waals surface area contributed by atoms with Crippen molar-refractivity contribution < 1.29 is 19.1 Å². The van der Waals surface area contributed by atoms with Crippen LogP contribution in [0.4, 0.5) is 5.69 Å². The molecule has 0 bridgehead atoms. The number of benzene rings is 3. The minimum absolute atomic E-state index is 0.112. The van der Waals surface area contributed by atoms with Gasteiger partial charge in [-0.15, -0.1) is 0 Å². The summed E-state index contributed by atoms with van der Waals surface area (Å²) in [5.74, 6) is -0.458. The molecule has 3 aromatic rings. The Morgan fingerprint density at radius 3 is 2.38 bits per heavy atom. The Kier molecular flexibility index (Phi) is 7.98. The van der Waals surface area contributed by atoms with Crippen LogP contribution in [-0.2, 0) is 20.8 Å². The van der Waals surface area contributed by atoms with Gasteiger partial charge in [-0.05, 0) is 37.6 Å². The Morgan fingerprint density at radius 2 is 1.68 bits per heavy atom. The first kappa shape index (κ1) is 25.6. The number of aliphatic imine (C=N–C) groups is 1. The van der Waals surface area contributed by atoms with Gasteiger partial charge in [0.15, 0.2) is 0 Å². The molecule has 4 rings (SSSR count). The molecule has 1 aliphatic heterocycles. The molecule has 2 N–H and O–H groups in total. The summed E-state index contributed by atoms with van der Waals surface area (Å²) >= 11 is 0. The highest BCUT2D eigenvalue weighted by Crippen LogP contribution is 2.27. The second-order valence-corrected chi connectivity index (χ2v) is 8.71. The molecule has 0 fully saturated rings. The molecule has 3 amide bonds. The van der Waals surface area contributed by atoms with Gasteiger partial charge in [0.1, 0.15) is 11.8 Å². The number of nitrogens with one attached hydrogen (secondary N) is 2. The van der Waals surface area contributed by atoms with E-state index in [1.165, 1.54) is 4.90 Å². The van der Waals surface area contributed by atoms with Gasteiger partial charge in [0.05, 0.1) is 24.4 Å². The van der Waals surface area contributed by atoms with E-state index in [0.717, 1.165) is 22.4 Å². The van der Waals surface area contributed by atoms with Crippen molar-refractivity contribution in [1.82, 2.24) is 10.6 Å². The Morgan fingerprint density at radius 1 is 1.00 bits per heavy atom. The quantitative estimate of drug-likeness (QED) is 0.499. The van der Waals surface area contributed by atoms with Crippen LogP contribution in [0, 0.1) is 0 Å². The number of carbonyl (C=O) groups excluding carboxylic acids is 3. The highest BCUT2D eigenvalue weighted by atomic mass is 16.5. The Balaban J connectivity index is 1.48. The van der Waals surface area contributed by atoms with Gasteiger partial charge >= 0.3 is 0 Å². The van der Waals surface area contributed by atoms with E-state index in [2.05, 4.69) is 15.6 Å². The average Bonchev–Trinajstić information content (AvgIpc) is 3.01. The average molecular weight is 499 g/mol. The normalized spacial score (nSPS) is 15.6. The molecule has 2 atom stereocenters. The van der Waals surface area contributed by atoms with Crippen LogP contribution in [0.5, 0.6) is 5.75 Å². The number of ether oxygens (including phenoxy) is 1. The summed E-state index contributed by atoms with van der Waals surface area (Å²) in [6, 6.07) is 23.4.